The molecule has 1 aliphatic rings. The van der Waals surface area contributed by atoms with E-state index in [9.17, 15) is 14.4 Å². The lowest BCUT2D eigenvalue weighted by Crippen LogP contribution is -2.54. The summed E-state index contributed by atoms with van der Waals surface area (Å²) in [4.78, 5) is 39.1. The summed E-state index contributed by atoms with van der Waals surface area (Å²) in [6, 6.07) is 15.5. The fourth-order valence-electron chi connectivity index (χ4n) is 3.83. The van der Waals surface area contributed by atoms with Crippen LogP contribution in [0.1, 0.15) is 23.9 Å². The number of nitrogens with zero attached hydrogens (tertiary/aromatic N) is 2. The number of hydrogen-bond acceptors (Lipinski definition) is 4. The number of hydrogen-bond donors (Lipinski definition) is 1. The molecule has 0 unspecified atom stereocenters. The second kappa shape index (κ2) is 9.07. The van der Waals surface area contributed by atoms with E-state index in [4.69, 9.17) is 4.74 Å². The number of anilines is 1. The van der Waals surface area contributed by atoms with E-state index in [0.29, 0.717) is 17.9 Å². The summed E-state index contributed by atoms with van der Waals surface area (Å²) >= 11 is 3.33. The number of urea groups is 1. The maximum absolute atomic E-state index is 13.2. The molecule has 3 aromatic rings. The van der Waals surface area contributed by atoms with Crippen molar-refractivity contribution in [3.63, 3.8) is 0 Å². The Kier molecular flexibility index (Phi) is 6.20. The average Bonchev–Trinajstić information content (AvgIpc) is 3.06. The second-order valence-electron chi connectivity index (χ2n) is 7.52. The maximum Gasteiger partial charge on any atom is 0.335 e. The molecule has 1 fully saturated rings. The summed E-state index contributed by atoms with van der Waals surface area (Å²) < 4.78 is 8.36. The quantitative estimate of drug-likeness (QED) is 0.392. The lowest BCUT2D eigenvalue weighted by Gasteiger charge is -2.26. The largest absolute Gasteiger partial charge is 0.494 e. The van der Waals surface area contributed by atoms with Crippen LogP contribution in [0.5, 0.6) is 5.75 Å². The van der Waals surface area contributed by atoms with Crippen molar-refractivity contribution in [1.82, 2.24) is 9.88 Å². The molecule has 168 valence electrons. The molecule has 8 heteroatoms. The number of benzene rings is 2. The third kappa shape index (κ3) is 4.34. The molecular weight excluding hydrogens is 486 g/mol. The highest BCUT2D eigenvalue weighted by molar-refractivity contribution is 9.10. The number of aromatic nitrogens is 1. The summed E-state index contributed by atoms with van der Waals surface area (Å²) in [6.07, 6.45) is 1.53. The van der Waals surface area contributed by atoms with E-state index in [0.717, 1.165) is 32.2 Å². The van der Waals surface area contributed by atoms with E-state index in [1.165, 1.54) is 6.08 Å². The Labute approximate surface area is 199 Å². The average molecular weight is 508 g/mol. The number of barbiturate groups is 1. The summed E-state index contributed by atoms with van der Waals surface area (Å²) in [5, 5.41) is 2.26. The van der Waals surface area contributed by atoms with Gasteiger partial charge in [0.1, 0.15) is 11.3 Å². The van der Waals surface area contributed by atoms with Crippen LogP contribution in [-0.2, 0) is 9.59 Å². The van der Waals surface area contributed by atoms with Crippen LogP contribution in [0.3, 0.4) is 0 Å². The van der Waals surface area contributed by atoms with E-state index in [1.54, 1.807) is 24.3 Å². The van der Waals surface area contributed by atoms with Crippen molar-refractivity contribution in [3.8, 4) is 11.4 Å². The van der Waals surface area contributed by atoms with Gasteiger partial charge in [-0.2, -0.15) is 0 Å². The Balaban J connectivity index is 1.71. The summed E-state index contributed by atoms with van der Waals surface area (Å²) in [6.45, 7) is 6.39. The van der Waals surface area contributed by atoms with Gasteiger partial charge in [0.05, 0.1) is 12.3 Å². The minimum atomic E-state index is -0.774. The Morgan fingerprint density at radius 2 is 1.61 bits per heavy atom. The van der Waals surface area contributed by atoms with Gasteiger partial charge in [0, 0.05) is 21.5 Å². The predicted molar refractivity (Wildman–Crippen MR) is 130 cm³/mol. The van der Waals surface area contributed by atoms with Crippen LogP contribution in [0.2, 0.25) is 0 Å². The van der Waals surface area contributed by atoms with Crippen LogP contribution in [0.4, 0.5) is 10.5 Å². The van der Waals surface area contributed by atoms with Gasteiger partial charge in [-0.25, -0.2) is 9.69 Å². The van der Waals surface area contributed by atoms with E-state index in [1.807, 2.05) is 55.7 Å². The number of amides is 4. The molecule has 33 heavy (non-hydrogen) atoms. The Morgan fingerprint density at radius 1 is 0.970 bits per heavy atom. The van der Waals surface area contributed by atoms with Gasteiger partial charge in [-0.05, 0) is 87.0 Å². The number of imide groups is 2. The zero-order valence-corrected chi connectivity index (χ0v) is 20.0. The van der Waals surface area contributed by atoms with Gasteiger partial charge < -0.3 is 9.30 Å². The lowest BCUT2D eigenvalue weighted by molar-refractivity contribution is -0.122. The molecule has 7 nitrogen and oxygen atoms in total. The summed E-state index contributed by atoms with van der Waals surface area (Å²) in [7, 11) is 0. The van der Waals surface area contributed by atoms with Crippen molar-refractivity contribution in [2.45, 2.75) is 20.8 Å². The molecule has 4 amide bonds. The molecule has 0 bridgehead atoms. The fraction of sp³-hybridized carbons (Fsp3) is 0.160. The van der Waals surface area contributed by atoms with Gasteiger partial charge in [-0.15, -0.1) is 0 Å². The molecule has 0 spiro atoms. The molecule has 0 atom stereocenters. The smallest absolute Gasteiger partial charge is 0.335 e. The number of aryl methyl sites for hydroxylation is 1. The van der Waals surface area contributed by atoms with E-state index in [-0.39, 0.29) is 5.57 Å². The van der Waals surface area contributed by atoms with Crippen LogP contribution in [0.15, 0.2) is 64.6 Å². The van der Waals surface area contributed by atoms with Crippen LogP contribution in [0, 0.1) is 13.8 Å². The van der Waals surface area contributed by atoms with Crippen LogP contribution in [-0.4, -0.2) is 29.0 Å². The van der Waals surface area contributed by atoms with Crippen molar-refractivity contribution >= 4 is 45.5 Å². The number of halogens is 1. The highest BCUT2D eigenvalue weighted by Crippen LogP contribution is 2.27. The third-order valence-corrected chi connectivity index (χ3v) is 5.89. The molecule has 0 radical (unpaired) electrons. The van der Waals surface area contributed by atoms with Gasteiger partial charge in [0.25, 0.3) is 11.8 Å². The van der Waals surface area contributed by atoms with Crippen LogP contribution < -0.4 is 15.0 Å². The maximum atomic E-state index is 13.2. The normalized spacial score (nSPS) is 15.2. The highest BCUT2D eigenvalue weighted by atomic mass is 79.9. The lowest BCUT2D eigenvalue weighted by atomic mass is 10.1. The third-order valence-electron chi connectivity index (χ3n) is 5.36. The molecule has 1 aliphatic heterocycles. The number of ether oxygens (including phenoxy) is 1. The molecule has 4 rings (SSSR count). The summed E-state index contributed by atoms with van der Waals surface area (Å²) in [5.74, 6) is -0.602. The van der Waals surface area contributed by atoms with Crippen LogP contribution in [0.25, 0.3) is 11.8 Å². The molecule has 0 saturated carbocycles. The van der Waals surface area contributed by atoms with Gasteiger partial charge in [0.2, 0.25) is 0 Å². The van der Waals surface area contributed by atoms with E-state index >= 15 is 0 Å². The summed E-state index contributed by atoms with van der Waals surface area (Å²) in [5.41, 5.74) is 3.71. The predicted octanol–water partition coefficient (Wildman–Crippen LogP) is 4.92. The number of carbonyl (C=O) groups is 3. The molecule has 0 aliphatic carbocycles. The Bertz CT molecular complexity index is 1270. The van der Waals surface area contributed by atoms with Crippen LogP contribution >= 0.6 is 15.9 Å². The van der Waals surface area contributed by atoms with Crippen molar-refractivity contribution in [2.75, 3.05) is 11.5 Å². The van der Waals surface area contributed by atoms with E-state index < -0.39 is 17.8 Å². The molecule has 2 aromatic carbocycles. The zero-order valence-electron chi connectivity index (χ0n) is 18.4. The molecule has 1 saturated heterocycles. The molecule has 1 N–H and O–H groups in total. The highest BCUT2D eigenvalue weighted by Gasteiger charge is 2.37. The van der Waals surface area contributed by atoms with Crippen molar-refractivity contribution < 1.29 is 19.1 Å². The van der Waals surface area contributed by atoms with E-state index in [2.05, 4.69) is 21.2 Å². The Morgan fingerprint density at radius 3 is 2.24 bits per heavy atom. The zero-order chi connectivity index (χ0) is 23.7. The number of rotatable bonds is 5. The Hall–Kier alpha value is -3.65. The first-order chi connectivity index (χ1) is 15.8. The standard InChI is InChI=1S/C25H22BrN3O4/c1-4-33-21-11-9-19(10-12-21)28-15(2)13-17(16(28)3)14-22-23(30)27-25(32)29(24(22)31)20-7-5-18(26)6-8-20/h5-14H,4H2,1-3H3,(H,27,30,32)/b22-14+. The van der Waals surface area contributed by atoms with Crippen molar-refractivity contribution in [1.29, 1.82) is 0 Å². The minimum Gasteiger partial charge on any atom is -0.494 e. The first-order valence-electron chi connectivity index (χ1n) is 10.4. The van der Waals surface area contributed by atoms with Crippen molar-refractivity contribution in [2.24, 2.45) is 0 Å². The topological polar surface area (TPSA) is 80.6 Å². The first-order valence-corrected chi connectivity index (χ1v) is 11.2. The van der Waals surface area contributed by atoms with Gasteiger partial charge in [-0.3, -0.25) is 14.9 Å². The SMILES string of the molecule is CCOc1ccc(-n2c(C)cc(/C=C3\C(=O)NC(=O)N(c4ccc(Br)cc4)C3=O)c2C)cc1. The molecular formula is C25H22BrN3O4. The first kappa shape index (κ1) is 22.5. The number of carbonyl (C=O) groups excluding carboxylic acids is 3. The minimum absolute atomic E-state index is 0.107. The molecule has 1 aromatic heterocycles. The van der Waals surface area contributed by atoms with Crippen molar-refractivity contribution in [3.05, 3.63) is 81.6 Å². The van der Waals surface area contributed by atoms with Gasteiger partial charge >= 0.3 is 6.03 Å². The monoisotopic (exact) mass is 507 g/mol. The fourth-order valence-corrected chi connectivity index (χ4v) is 4.09. The second-order valence-corrected chi connectivity index (χ2v) is 8.44. The van der Waals surface area contributed by atoms with Gasteiger partial charge in [-0.1, -0.05) is 15.9 Å². The van der Waals surface area contributed by atoms with Gasteiger partial charge in [0.15, 0.2) is 0 Å². The molecule has 2 heterocycles. The number of nitrogens with one attached hydrogen (secondary N) is 1.